The second-order valence-corrected chi connectivity index (χ2v) is 31.6. The van der Waals surface area contributed by atoms with Gasteiger partial charge >= 0.3 is 108 Å². The Morgan fingerprint density at radius 3 is 1.39 bits per heavy atom. The fourth-order valence-electron chi connectivity index (χ4n) is 9.39. The number of nitrogens with two attached hydrogens (primary N) is 3. The molecule has 614 valence electrons. The zero-order valence-electron chi connectivity index (χ0n) is 56.8. The van der Waals surface area contributed by atoms with Crippen LogP contribution < -0.4 is 49.2 Å². The molecule has 0 spiro atoms. The Kier molecular flexibility index (Phi) is 36.2. The number of phosphoric acid groups is 6. The number of pyridine rings is 1. The summed E-state index contributed by atoms with van der Waals surface area (Å²) in [5.74, 6) is -0.546. The first-order valence-electron chi connectivity index (χ1n) is 30.4. The summed E-state index contributed by atoms with van der Waals surface area (Å²) < 4.78 is 119. The monoisotopic (exact) mass is 1860 g/mol. The number of carbonyl (C=O) groups excluding carboxylic acids is 2. The SMILES string of the molecule is C=C(NCCOP(=O)(O)OP(=O)(O)OP(=O)(O)OC[C@H]1O[C@@H](n2cnc3c(=O)[nH]c(N)nc32)[C@@H](O)C1O)Nc1ccc(C#Cc2cc(CN(CC(=O)[O-])CC(=O)O)nc(CN(CC(=O)[O-])CC(=O)O)c2)cc1.CN=C=S.NCCOP(=O)(O)OP(=O)(O)OP(=O)(O)OC[C@H]1O[C@@H](n2cnc3c(=O)[nH]c(N)nc32)[C@@H](O)C1O.[Eu+3]. The van der Waals surface area contributed by atoms with E-state index < -0.39 is 184 Å². The Balaban J connectivity index is 0.000000466. The molecular weight excluding hydrogens is 1800 g/mol. The molecule has 8 rings (SSSR count). The van der Waals surface area contributed by atoms with Crippen LogP contribution in [0.25, 0.3) is 22.3 Å². The number of phosphoric ester groups is 4. The van der Waals surface area contributed by atoms with Crippen molar-refractivity contribution in [3.63, 3.8) is 0 Å². The van der Waals surface area contributed by atoms with Gasteiger partial charge in [0, 0.05) is 63.1 Å². The molecule has 0 radical (unpaired) electrons. The third-order valence-corrected chi connectivity index (χ3v) is 22.3. The Morgan fingerprint density at radius 1 is 0.634 bits per heavy atom. The summed E-state index contributed by atoms with van der Waals surface area (Å²) in [6, 6.07) is 9.12. The van der Waals surface area contributed by atoms with Crippen LogP contribution in [-0.4, -0.2) is 252 Å². The van der Waals surface area contributed by atoms with E-state index in [0.29, 0.717) is 11.3 Å². The third-order valence-electron chi connectivity index (χ3n) is 13.6. The normalized spacial score (nSPS) is 21.2. The minimum atomic E-state index is -5.92. The van der Waals surface area contributed by atoms with E-state index in [-0.39, 0.29) is 133 Å². The number of isothiocyanates is 1. The molecule has 5 aromatic heterocycles. The molecule has 2 fully saturated rings. The van der Waals surface area contributed by atoms with E-state index >= 15 is 0 Å². The number of hydrogen-bond acceptors (Lipinski definition) is 42. The van der Waals surface area contributed by atoms with E-state index in [1.165, 1.54) is 12.1 Å². The smallest absolute Gasteiger partial charge is 0.549 e. The number of H-pyrrole nitrogens is 2. The van der Waals surface area contributed by atoms with Gasteiger partial charge in [-0.25, -0.2) is 42.4 Å². The number of carbonyl (C=O) groups is 4. The van der Waals surface area contributed by atoms with E-state index in [4.69, 9.17) is 26.7 Å². The van der Waals surface area contributed by atoms with Crippen LogP contribution in [0.3, 0.4) is 0 Å². The number of nitrogens with zero attached hydrogens (tertiary/aromatic N) is 10. The zero-order valence-corrected chi connectivity index (χ0v) is 65.4. The second-order valence-electron chi connectivity index (χ2n) is 22.2. The molecule has 61 heteroatoms. The number of thiocarbonyl (C=S) groups is 1. The summed E-state index contributed by atoms with van der Waals surface area (Å²) >= 11 is 4.14. The summed E-state index contributed by atoms with van der Waals surface area (Å²) in [4.78, 5) is 157. The van der Waals surface area contributed by atoms with Gasteiger partial charge in [0.15, 0.2) is 34.8 Å². The predicted octanol–water partition coefficient (Wildman–Crippen LogP) is -5.70. The average Bonchev–Trinajstić information content (AvgIpc) is 1.62. The molecule has 0 amide bonds. The van der Waals surface area contributed by atoms with Gasteiger partial charge in [-0.05, 0) is 48.6 Å². The van der Waals surface area contributed by atoms with Gasteiger partial charge in [-0.15, -0.1) is 0 Å². The van der Waals surface area contributed by atoms with Gasteiger partial charge in [-0.3, -0.25) is 71.2 Å². The Morgan fingerprint density at radius 2 is 1.02 bits per heavy atom. The van der Waals surface area contributed by atoms with Crippen LogP contribution in [0.2, 0.25) is 0 Å². The maximum Gasteiger partial charge on any atom is 3.00 e. The summed E-state index contributed by atoms with van der Waals surface area (Å²) in [6.07, 6.45) is -11.0. The molecule has 112 heavy (non-hydrogen) atoms. The molecule has 2 aliphatic rings. The number of ether oxygens (including phenoxy) is 2. The minimum Gasteiger partial charge on any atom is -0.549 e. The molecule has 22 N–H and O–H groups in total. The summed E-state index contributed by atoms with van der Waals surface area (Å²) in [5.41, 5.74) is 15.4. The minimum absolute atomic E-state index is 0. The fraction of sp³-hybridized carbons (Fsp3) is 0.412. The van der Waals surface area contributed by atoms with Gasteiger partial charge in [0.25, 0.3) is 11.1 Å². The summed E-state index contributed by atoms with van der Waals surface area (Å²) in [7, 11) is -31.8. The molecule has 6 aromatic rings. The third kappa shape index (κ3) is 30.5. The van der Waals surface area contributed by atoms with Crippen molar-refractivity contribution in [3.05, 3.63) is 105 Å². The molecule has 1 aromatic carbocycles. The van der Waals surface area contributed by atoms with Crippen LogP contribution >= 0.6 is 59.2 Å². The number of fused-ring (bicyclic) bond motifs is 2. The fourth-order valence-corrected chi connectivity index (χ4v) is 16.4. The van der Waals surface area contributed by atoms with Gasteiger partial charge in [-0.2, -0.15) is 27.2 Å². The van der Waals surface area contributed by atoms with Gasteiger partial charge < -0.3 is 117 Å². The molecule has 53 nitrogen and oxygen atoms in total. The first kappa shape index (κ1) is 95.9. The molecule has 0 saturated carbocycles. The van der Waals surface area contributed by atoms with Crippen LogP contribution in [-0.2, 0) is 104 Å². The van der Waals surface area contributed by atoms with Crippen LogP contribution in [0.5, 0.6) is 0 Å². The number of aromatic amines is 2. The van der Waals surface area contributed by atoms with Crippen molar-refractivity contribution in [3.8, 4) is 11.8 Å². The largest absolute Gasteiger partial charge is 3.00 e. The van der Waals surface area contributed by atoms with Gasteiger partial charge in [0.1, 0.15) is 36.6 Å². The maximum atomic E-state index is 12.5. The number of carboxylic acid groups (broad SMARTS) is 4. The molecule has 0 aliphatic carbocycles. The van der Waals surface area contributed by atoms with Crippen LogP contribution in [0.1, 0.15) is 35.0 Å². The van der Waals surface area contributed by atoms with E-state index in [0.717, 1.165) is 31.6 Å². The van der Waals surface area contributed by atoms with E-state index in [1.54, 1.807) is 31.3 Å². The topological polar surface area (TPSA) is 813 Å². The average molecular weight is 1860 g/mol. The summed E-state index contributed by atoms with van der Waals surface area (Å²) in [5, 5.41) is 90.3. The number of imidazole rings is 2. The van der Waals surface area contributed by atoms with Crippen molar-refractivity contribution in [2.45, 2.75) is 62.2 Å². The Hall–Kier alpha value is -6.71. The first-order valence-corrected chi connectivity index (χ1v) is 39.7. The number of aliphatic carboxylic acids is 4. The van der Waals surface area contributed by atoms with Crippen LogP contribution in [0.15, 0.2) is 76.0 Å². The molecular formula is C51H67EuN17O36P6S+. The molecule has 8 unspecified atom stereocenters. The predicted molar refractivity (Wildman–Crippen MR) is 367 cm³/mol. The number of nitrogens with one attached hydrogen (secondary N) is 4. The van der Waals surface area contributed by atoms with Crippen molar-refractivity contribution >= 4 is 128 Å². The molecule has 7 heterocycles. The van der Waals surface area contributed by atoms with E-state index in [2.05, 4.69) is 122 Å². The zero-order chi connectivity index (χ0) is 82.7. The van der Waals surface area contributed by atoms with Crippen molar-refractivity contribution in [1.82, 2.24) is 59.1 Å². The standard InChI is InChI=1S/C37H45N10O22P3.C12H21N6O14P3.C2H3NS.Eu/c1-20(41-23-6-4-21(5-7-23)2-3-22-10-24(12-45(14-27(48)49)15-28(50)51)42-25(11-22)13-46(16-29(52)53)17-30(54)55)39-8-9-65-70(59,60)68-72(63,64)69-71(61,62)66-18-26-32(56)33(57)36(67-26)47-19-40-31-34(47)43-37(38)44-35(31)58;13-1-2-28-33(22,23)31-35(26,27)32-34(24,25)29-3-5-7(19)8(20)11(30-5)18-4-15-6-9(18)16-12(14)17-10(6)21;1-3-2-4;/h4-7,10-11,19,26,32-33,36,39,41,56-57H,1,8-9,12-18H2,(H,48,49)(H,50,51)(H,52,53)(H,54,55)(H,59,60)(H,61,62)(H,63,64)(H3,38,43,44,58);4-5,7-8,11,19-20H,1-3,13H2,(H,22,23)(H,24,25)(H,26,27)(H3,14,16,17,21);1H3;/q;;;+3/p-2/t26-,32?,33+,36-;5-,7?,8+,11-;;/m11../s1. The summed E-state index contributed by atoms with van der Waals surface area (Å²) in [6.45, 7) is -3.71. The van der Waals surface area contributed by atoms with Gasteiger partial charge in [0.2, 0.25) is 11.9 Å². The second kappa shape index (κ2) is 42.2. The van der Waals surface area contributed by atoms with Crippen molar-refractivity contribution in [1.29, 1.82) is 0 Å². The first-order chi connectivity index (χ1) is 51.7. The molecule has 14 atom stereocenters. The van der Waals surface area contributed by atoms with Crippen molar-refractivity contribution in [2.24, 2.45) is 10.7 Å². The molecule has 2 aliphatic heterocycles. The number of aromatic nitrogens is 9. The Bertz CT molecular complexity index is 4830. The van der Waals surface area contributed by atoms with Crippen LogP contribution in [0, 0.1) is 61.2 Å². The van der Waals surface area contributed by atoms with E-state index in [9.17, 15) is 126 Å². The number of aliphatic hydroxyl groups is 4. The van der Waals surface area contributed by atoms with Gasteiger partial charge in [0.05, 0.1) is 86.5 Å². The number of hydrogen-bond donors (Lipinski definition) is 19. The Labute approximate surface area is 672 Å². The molecule has 0 bridgehead atoms. The van der Waals surface area contributed by atoms with Crippen molar-refractivity contribution < 1.29 is 211 Å². The van der Waals surface area contributed by atoms with Crippen LogP contribution in [0.4, 0.5) is 17.6 Å². The number of aliphatic imine (C=N–C) groups is 1. The number of rotatable bonds is 38. The number of anilines is 3. The number of nitrogen functional groups attached to an aromatic ring is 2. The number of carboxylic acids is 4. The number of aliphatic hydroxyl groups excluding tert-OH is 4. The quantitative estimate of drug-likeness (QED) is 0.00565. The van der Waals surface area contributed by atoms with E-state index in [1.807, 2.05) is 0 Å². The number of benzene rings is 1. The molecule has 2 saturated heterocycles. The van der Waals surface area contributed by atoms with Gasteiger partial charge in [-0.1, -0.05) is 18.4 Å². The maximum absolute atomic E-state index is 12.5. The van der Waals surface area contributed by atoms with Crippen molar-refractivity contribution in [2.75, 3.05) is 89.5 Å².